The second-order valence-electron chi connectivity index (χ2n) is 8.59. The topological polar surface area (TPSA) is 46.9 Å². The zero-order chi connectivity index (χ0) is 20.2. The number of aromatic nitrogens is 2. The Balaban J connectivity index is 1.45. The minimum Gasteiger partial charge on any atom is -0.314 e. The van der Waals surface area contributed by atoms with E-state index in [1.165, 1.54) is 22.4 Å². The lowest BCUT2D eigenvalue weighted by Crippen LogP contribution is -2.35. The molecule has 154 valence electrons. The van der Waals surface area contributed by atoms with Gasteiger partial charge in [0.2, 0.25) is 0 Å². The summed E-state index contributed by atoms with van der Waals surface area (Å²) < 4.78 is 1.81. The fourth-order valence-corrected chi connectivity index (χ4v) is 5.47. The highest BCUT2D eigenvalue weighted by molar-refractivity contribution is 7.18. The predicted octanol–water partition coefficient (Wildman–Crippen LogP) is 4.58. The van der Waals surface area contributed by atoms with Gasteiger partial charge in [0, 0.05) is 17.5 Å². The van der Waals surface area contributed by atoms with Gasteiger partial charge in [-0.3, -0.25) is 9.36 Å². The number of benzene rings is 1. The van der Waals surface area contributed by atoms with Crippen molar-refractivity contribution in [2.45, 2.75) is 65.0 Å². The summed E-state index contributed by atoms with van der Waals surface area (Å²) in [7, 11) is 0. The van der Waals surface area contributed by atoms with E-state index in [1.54, 1.807) is 17.7 Å². The molecule has 1 aromatic carbocycles. The summed E-state index contributed by atoms with van der Waals surface area (Å²) in [5.74, 6) is 0.732. The van der Waals surface area contributed by atoms with Crippen LogP contribution in [0.1, 0.15) is 49.1 Å². The normalized spacial score (nSPS) is 16.4. The van der Waals surface area contributed by atoms with Crippen molar-refractivity contribution in [1.82, 2.24) is 14.9 Å². The fourth-order valence-electron chi connectivity index (χ4n) is 4.21. The number of aryl methyl sites for hydroxylation is 3. The van der Waals surface area contributed by atoms with E-state index in [2.05, 4.69) is 48.4 Å². The Bertz CT molecular complexity index is 1010. The first-order chi connectivity index (χ1) is 14.1. The first-order valence-electron chi connectivity index (χ1n) is 10.9. The van der Waals surface area contributed by atoms with Crippen LogP contribution in [0.3, 0.4) is 0 Å². The van der Waals surface area contributed by atoms with Crippen LogP contribution in [0.5, 0.6) is 0 Å². The largest absolute Gasteiger partial charge is 0.314 e. The minimum absolute atomic E-state index is 0.145. The van der Waals surface area contributed by atoms with Gasteiger partial charge in [-0.15, -0.1) is 11.3 Å². The molecule has 0 spiro atoms. The van der Waals surface area contributed by atoms with Crippen LogP contribution in [-0.2, 0) is 25.8 Å². The highest BCUT2D eigenvalue weighted by Crippen LogP contribution is 2.33. The first-order valence-corrected chi connectivity index (χ1v) is 11.7. The molecule has 29 heavy (non-hydrogen) atoms. The number of fused-ring (bicyclic) bond motifs is 3. The van der Waals surface area contributed by atoms with E-state index < -0.39 is 0 Å². The van der Waals surface area contributed by atoms with Crippen LogP contribution in [0.2, 0.25) is 0 Å². The van der Waals surface area contributed by atoms with Gasteiger partial charge in [0.25, 0.3) is 5.56 Å². The minimum atomic E-state index is 0.145. The van der Waals surface area contributed by atoms with Crippen molar-refractivity contribution >= 4 is 21.6 Å². The smallest absolute Gasteiger partial charge is 0.262 e. The molecule has 1 aliphatic rings. The highest BCUT2D eigenvalue weighted by atomic mass is 32.1. The van der Waals surface area contributed by atoms with E-state index in [4.69, 9.17) is 0 Å². The SMILES string of the molecule is CC(C)CCNC1CCc2c(sc3ncn(CCCc4ccccc4)c(=O)c23)C1. The van der Waals surface area contributed by atoms with E-state index in [1.807, 2.05) is 10.6 Å². The van der Waals surface area contributed by atoms with Gasteiger partial charge in [-0.2, -0.15) is 0 Å². The van der Waals surface area contributed by atoms with Crippen LogP contribution >= 0.6 is 11.3 Å². The number of rotatable bonds is 8. The molecule has 0 bridgehead atoms. The summed E-state index contributed by atoms with van der Waals surface area (Å²) in [6.45, 7) is 6.34. The Morgan fingerprint density at radius 2 is 2.10 bits per heavy atom. The molecule has 0 saturated carbocycles. The third-order valence-corrected chi connectivity index (χ3v) is 7.06. The van der Waals surface area contributed by atoms with Crippen molar-refractivity contribution in [1.29, 1.82) is 0 Å². The summed E-state index contributed by atoms with van der Waals surface area (Å²) in [5, 5.41) is 4.59. The average molecular weight is 410 g/mol. The van der Waals surface area contributed by atoms with Gasteiger partial charge in [0.05, 0.1) is 11.7 Å². The van der Waals surface area contributed by atoms with Gasteiger partial charge in [0.15, 0.2) is 0 Å². The third kappa shape index (κ3) is 4.78. The number of nitrogens with one attached hydrogen (secondary N) is 1. The second-order valence-corrected chi connectivity index (χ2v) is 9.68. The maximum absolute atomic E-state index is 13.1. The van der Waals surface area contributed by atoms with Crippen molar-refractivity contribution in [3.05, 3.63) is 63.0 Å². The molecular weight excluding hydrogens is 378 g/mol. The van der Waals surface area contributed by atoms with Gasteiger partial charge in [-0.25, -0.2) is 4.98 Å². The van der Waals surface area contributed by atoms with Gasteiger partial charge >= 0.3 is 0 Å². The monoisotopic (exact) mass is 409 g/mol. The molecule has 2 heterocycles. The first kappa shape index (κ1) is 20.3. The van der Waals surface area contributed by atoms with E-state index in [0.29, 0.717) is 6.04 Å². The zero-order valence-corrected chi connectivity index (χ0v) is 18.3. The lowest BCUT2D eigenvalue weighted by molar-refractivity contribution is 0.435. The van der Waals surface area contributed by atoms with Crippen LogP contribution in [0.25, 0.3) is 10.2 Å². The van der Waals surface area contributed by atoms with Gasteiger partial charge in [-0.1, -0.05) is 44.2 Å². The summed E-state index contributed by atoms with van der Waals surface area (Å²) >= 11 is 1.72. The van der Waals surface area contributed by atoms with E-state index in [9.17, 15) is 4.79 Å². The molecule has 3 aromatic rings. The lowest BCUT2D eigenvalue weighted by atomic mass is 9.93. The molecule has 1 atom stereocenters. The zero-order valence-electron chi connectivity index (χ0n) is 17.5. The summed E-state index contributed by atoms with van der Waals surface area (Å²) in [6.07, 6.45) is 8.02. The summed E-state index contributed by atoms with van der Waals surface area (Å²) in [4.78, 5) is 20.1. The molecule has 0 aliphatic heterocycles. The van der Waals surface area contributed by atoms with Crippen molar-refractivity contribution in [2.75, 3.05) is 6.54 Å². The number of thiophene rings is 1. The van der Waals surface area contributed by atoms with Crippen molar-refractivity contribution < 1.29 is 0 Å². The molecule has 2 aromatic heterocycles. The van der Waals surface area contributed by atoms with Crippen molar-refractivity contribution in [3.8, 4) is 0 Å². The molecule has 0 amide bonds. The fraction of sp³-hybridized carbons (Fsp3) is 0.500. The molecule has 0 fully saturated rings. The van der Waals surface area contributed by atoms with Crippen LogP contribution in [0.15, 0.2) is 41.5 Å². The Morgan fingerprint density at radius 3 is 2.90 bits per heavy atom. The molecule has 4 rings (SSSR count). The molecule has 1 unspecified atom stereocenters. The second kappa shape index (κ2) is 9.23. The van der Waals surface area contributed by atoms with Gasteiger partial charge in [0.1, 0.15) is 4.83 Å². The quantitative estimate of drug-likeness (QED) is 0.592. The third-order valence-electron chi connectivity index (χ3n) is 5.90. The molecule has 1 aliphatic carbocycles. The average Bonchev–Trinajstić information content (AvgIpc) is 3.09. The summed E-state index contributed by atoms with van der Waals surface area (Å²) in [5.41, 5.74) is 2.73. The molecule has 0 saturated heterocycles. The van der Waals surface area contributed by atoms with Crippen LogP contribution in [-0.4, -0.2) is 22.1 Å². The Morgan fingerprint density at radius 1 is 1.28 bits per heavy atom. The van der Waals surface area contributed by atoms with E-state index in [-0.39, 0.29) is 5.56 Å². The highest BCUT2D eigenvalue weighted by Gasteiger charge is 2.25. The Hall–Kier alpha value is -1.98. The predicted molar refractivity (Wildman–Crippen MR) is 122 cm³/mol. The standard InChI is InChI=1S/C24H31N3OS/c1-17(2)12-13-25-19-10-11-20-21(15-19)29-23-22(20)24(28)27(16-26-23)14-6-9-18-7-4-3-5-8-18/h3-5,7-8,16-17,19,25H,6,9-15H2,1-2H3. The van der Waals surface area contributed by atoms with Crippen LogP contribution < -0.4 is 10.9 Å². The molecule has 1 N–H and O–H groups in total. The number of hydrogen-bond donors (Lipinski definition) is 1. The van der Waals surface area contributed by atoms with Gasteiger partial charge < -0.3 is 5.32 Å². The number of hydrogen-bond acceptors (Lipinski definition) is 4. The maximum atomic E-state index is 13.1. The van der Waals surface area contributed by atoms with Crippen LogP contribution in [0.4, 0.5) is 0 Å². The van der Waals surface area contributed by atoms with E-state index >= 15 is 0 Å². The molecule has 4 nitrogen and oxygen atoms in total. The maximum Gasteiger partial charge on any atom is 0.262 e. The van der Waals surface area contributed by atoms with Crippen LogP contribution in [0, 0.1) is 5.92 Å². The van der Waals surface area contributed by atoms with Crippen molar-refractivity contribution in [3.63, 3.8) is 0 Å². The molecular formula is C24H31N3OS. The Labute approximate surface area is 177 Å². The lowest BCUT2D eigenvalue weighted by Gasteiger charge is -2.23. The molecule has 5 heteroatoms. The molecule has 0 radical (unpaired) electrons. The van der Waals surface area contributed by atoms with Crippen molar-refractivity contribution in [2.24, 2.45) is 5.92 Å². The summed E-state index contributed by atoms with van der Waals surface area (Å²) in [6, 6.07) is 11.0. The van der Waals surface area contributed by atoms with Gasteiger partial charge in [-0.05, 0) is 62.1 Å². The van der Waals surface area contributed by atoms with E-state index in [0.717, 1.165) is 61.3 Å². The Kier molecular flexibility index (Phi) is 6.46. The number of nitrogens with zero attached hydrogens (tertiary/aromatic N) is 2.